The van der Waals surface area contributed by atoms with Gasteiger partial charge in [-0.15, -0.1) is 0 Å². The standard InChI is InChI=1S/C12H8N2.C7H6N2/c1-3-9-5-6-10-4-2-8-14-12(10)11(9)13-7-1;1-2-4-7-6(3-1)8-5-9-7/h1-8H;1-5H,(H,8,9). The fraction of sp³-hybridized carbons (Fsp3) is 0. The van der Waals surface area contributed by atoms with E-state index in [0.29, 0.717) is 0 Å². The lowest BCUT2D eigenvalue weighted by Gasteiger charge is -2.00. The first-order chi connectivity index (χ1) is 11.4. The van der Waals surface area contributed by atoms with Crippen molar-refractivity contribution in [1.82, 2.24) is 19.9 Å². The van der Waals surface area contributed by atoms with Gasteiger partial charge in [-0.3, -0.25) is 9.97 Å². The van der Waals surface area contributed by atoms with Gasteiger partial charge in [-0.05, 0) is 24.3 Å². The molecule has 0 unspecified atom stereocenters. The molecule has 0 bridgehead atoms. The summed E-state index contributed by atoms with van der Waals surface area (Å²) >= 11 is 0. The SMILES string of the molecule is c1ccc2[nH]cnc2c1.c1cnc2c(c1)ccc1cccnc12. The predicted octanol–water partition coefficient (Wildman–Crippen LogP) is 4.35. The Morgan fingerprint density at radius 1 is 0.609 bits per heavy atom. The molecule has 0 aliphatic heterocycles. The minimum Gasteiger partial charge on any atom is -0.345 e. The van der Waals surface area contributed by atoms with Crippen LogP contribution in [0, 0.1) is 0 Å². The van der Waals surface area contributed by atoms with Crippen molar-refractivity contribution in [2.24, 2.45) is 0 Å². The average molecular weight is 298 g/mol. The molecule has 5 aromatic rings. The number of hydrogen-bond acceptors (Lipinski definition) is 3. The molecular weight excluding hydrogens is 284 g/mol. The van der Waals surface area contributed by atoms with E-state index in [0.717, 1.165) is 32.8 Å². The lowest BCUT2D eigenvalue weighted by Crippen LogP contribution is -1.83. The fourth-order valence-electron chi connectivity index (χ4n) is 2.56. The van der Waals surface area contributed by atoms with Crippen LogP contribution in [-0.2, 0) is 0 Å². The number of imidazole rings is 1. The molecule has 0 aliphatic rings. The summed E-state index contributed by atoms with van der Waals surface area (Å²) in [5.41, 5.74) is 4.08. The van der Waals surface area contributed by atoms with E-state index in [2.05, 4.69) is 44.2 Å². The zero-order chi connectivity index (χ0) is 15.5. The van der Waals surface area contributed by atoms with Crippen molar-refractivity contribution in [1.29, 1.82) is 0 Å². The van der Waals surface area contributed by atoms with Crippen molar-refractivity contribution < 1.29 is 0 Å². The van der Waals surface area contributed by atoms with Crippen LogP contribution in [0.15, 0.2) is 79.4 Å². The molecule has 0 radical (unpaired) electrons. The molecule has 0 spiro atoms. The first kappa shape index (κ1) is 13.4. The highest BCUT2D eigenvalue weighted by molar-refractivity contribution is 6.02. The number of pyridine rings is 2. The zero-order valence-electron chi connectivity index (χ0n) is 12.3. The van der Waals surface area contributed by atoms with E-state index in [1.165, 1.54) is 0 Å². The second kappa shape index (κ2) is 5.85. The number of para-hydroxylation sites is 2. The minimum atomic E-state index is 0.977. The predicted molar refractivity (Wildman–Crippen MR) is 93.1 cm³/mol. The molecule has 3 aromatic heterocycles. The van der Waals surface area contributed by atoms with Gasteiger partial charge in [0.2, 0.25) is 0 Å². The Kier molecular flexibility index (Phi) is 3.41. The quantitative estimate of drug-likeness (QED) is 0.432. The molecule has 0 saturated heterocycles. The number of hydrogen-bond donors (Lipinski definition) is 1. The first-order valence-electron chi connectivity index (χ1n) is 7.38. The van der Waals surface area contributed by atoms with Crippen LogP contribution in [0.25, 0.3) is 32.8 Å². The van der Waals surface area contributed by atoms with Crippen LogP contribution in [-0.4, -0.2) is 19.9 Å². The van der Waals surface area contributed by atoms with Gasteiger partial charge in [-0.1, -0.05) is 36.4 Å². The van der Waals surface area contributed by atoms with Gasteiger partial charge < -0.3 is 4.98 Å². The van der Waals surface area contributed by atoms with Gasteiger partial charge >= 0.3 is 0 Å². The number of rotatable bonds is 0. The van der Waals surface area contributed by atoms with Gasteiger partial charge in [-0.2, -0.15) is 0 Å². The summed E-state index contributed by atoms with van der Waals surface area (Å²) in [5, 5.41) is 2.28. The number of aromatic nitrogens is 4. The number of H-pyrrole nitrogens is 1. The van der Waals surface area contributed by atoms with Crippen molar-refractivity contribution in [3.05, 3.63) is 79.4 Å². The van der Waals surface area contributed by atoms with Crippen molar-refractivity contribution in [2.45, 2.75) is 0 Å². The van der Waals surface area contributed by atoms with E-state index in [-0.39, 0.29) is 0 Å². The summed E-state index contributed by atoms with van der Waals surface area (Å²) in [4.78, 5) is 15.8. The van der Waals surface area contributed by atoms with Crippen molar-refractivity contribution in [2.75, 3.05) is 0 Å². The van der Waals surface area contributed by atoms with Gasteiger partial charge in [-0.25, -0.2) is 4.98 Å². The van der Waals surface area contributed by atoms with Crippen LogP contribution < -0.4 is 0 Å². The molecule has 5 rings (SSSR count). The highest BCUT2D eigenvalue weighted by Gasteiger charge is 2.00. The molecular formula is C19H14N4. The Morgan fingerprint density at radius 3 is 1.91 bits per heavy atom. The third kappa shape index (κ3) is 2.62. The van der Waals surface area contributed by atoms with Crippen molar-refractivity contribution >= 4 is 32.8 Å². The normalized spacial score (nSPS) is 10.6. The largest absolute Gasteiger partial charge is 0.345 e. The molecule has 4 nitrogen and oxygen atoms in total. The molecule has 110 valence electrons. The maximum Gasteiger partial charge on any atom is 0.0964 e. The number of nitrogens with one attached hydrogen (secondary N) is 1. The molecule has 2 aromatic carbocycles. The van der Waals surface area contributed by atoms with E-state index < -0.39 is 0 Å². The maximum absolute atomic E-state index is 4.35. The lowest BCUT2D eigenvalue weighted by atomic mass is 10.1. The molecule has 23 heavy (non-hydrogen) atoms. The van der Waals surface area contributed by atoms with E-state index in [9.17, 15) is 0 Å². The third-order valence-electron chi connectivity index (χ3n) is 3.67. The van der Waals surface area contributed by atoms with Gasteiger partial charge in [0.15, 0.2) is 0 Å². The Morgan fingerprint density at radius 2 is 1.26 bits per heavy atom. The highest BCUT2D eigenvalue weighted by Crippen LogP contribution is 2.20. The van der Waals surface area contributed by atoms with Crippen LogP contribution in [0.1, 0.15) is 0 Å². The summed E-state index contributed by atoms with van der Waals surface area (Å²) in [6.45, 7) is 0. The molecule has 0 aliphatic carbocycles. The Balaban J connectivity index is 0.000000130. The third-order valence-corrected chi connectivity index (χ3v) is 3.67. The van der Waals surface area contributed by atoms with E-state index in [4.69, 9.17) is 0 Å². The van der Waals surface area contributed by atoms with E-state index in [1.807, 2.05) is 36.4 Å². The molecule has 3 heterocycles. The topological polar surface area (TPSA) is 54.5 Å². The molecule has 4 heteroatoms. The van der Waals surface area contributed by atoms with Crippen LogP contribution in [0.5, 0.6) is 0 Å². The number of fused-ring (bicyclic) bond motifs is 4. The van der Waals surface area contributed by atoms with Crippen LogP contribution in [0.2, 0.25) is 0 Å². The number of nitrogens with zero attached hydrogens (tertiary/aromatic N) is 3. The van der Waals surface area contributed by atoms with Crippen molar-refractivity contribution in [3.63, 3.8) is 0 Å². The minimum absolute atomic E-state index is 0.977. The maximum atomic E-state index is 4.35. The second-order valence-corrected chi connectivity index (χ2v) is 5.14. The van der Waals surface area contributed by atoms with Crippen LogP contribution >= 0.6 is 0 Å². The Bertz CT molecular complexity index is 997. The number of benzene rings is 2. The summed E-state index contributed by atoms with van der Waals surface area (Å²) in [6.07, 6.45) is 5.30. The molecule has 0 fully saturated rings. The smallest absolute Gasteiger partial charge is 0.0964 e. The monoisotopic (exact) mass is 298 g/mol. The molecule has 0 saturated carbocycles. The highest BCUT2D eigenvalue weighted by atomic mass is 14.9. The lowest BCUT2D eigenvalue weighted by molar-refractivity contribution is 1.34. The zero-order valence-corrected chi connectivity index (χ0v) is 12.3. The summed E-state index contributed by atoms with van der Waals surface area (Å²) in [7, 11) is 0. The van der Waals surface area contributed by atoms with Gasteiger partial charge in [0.25, 0.3) is 0 Å². The number of aromatic amines is 1. The van der Waals surface area contributed by atoms with Crippen molar-refractivity contribution in [3.8, 4) is 0 Å². The average Bonchev–Trinajstić information content (AvgIpc) is 3.11. The second-order valence-electron chi connectivity index (χ2n) is 5.14. The summed E-state index contributed by atoms with van der Waals surface area (Å²) < 4.78 is 0. The Labute approximate surface area is 132 Å². The first-order valence-corrected chi connectivity index (χ1v) is 7.38. The molecule has 0 amide bonds. The van der Waals surface area contributed by atoms with Gasteiger partial charge in [0.1, 0.15) is 0 Å². The molecule has 0 atom stereocenters. The van der Waals surface area contributed by atoms with E-state index >= 15 is 0 Å². The van der Waals surface area contributed by atoms with Gasteiger partial charge in [0.05, 0.1) is 28.4 Å². The molecule has 1 N–H and O–H groups in total. The summed E-state index contributed by atoms with van der Waals surface area (Å²) in [6, 6.07) is 20.1. The van der Waals surface area contributed by atoms with E-state index in [1.54, 1.807) is 18.7 Å². The van der Waals surface area contributed by atoms with Crippen LogP contribution in [0.4, 0.5) is 0 Å². The summed E-state index contributed by atoms with van der Waals surface area (Å²) in [5.74, 6) is 0. The fourth-order valence-corrected chi connectivity index (χ4v) is 2.56. The van der Waals surface area contributed by atoms with Gasteiger partial charge in [0, 0.05) is 23.2 Å². The Hall–Kier alpha value is -3.27. The van der Waals surface area contributed by atoms with Crippen LogP contribution in [0.3, 0.4) is 0 Å².